The Morgan fingerprint density at radius 3 is 2.55 bits per heavy atom. The summed E-state index contributed by atoms with van der Waals surface area (Å²) in [6.45, 7) is 0.740. The lowest BCUT2D eigenvalue weighted by molar-refractivity contribution is 1.14. The van der Waals surface area contributed by atoms with Crippen molar-refractivity contribution in [1.82, 2.24) is 4.98 Å². The zero-order valence-corrected chi connectivity index (χ0v) is 13.8. The Morgan fingerprint density at radius 2 is 1.80 bits per heavy atom. The first-order valence-corrected chi connectivity index (χ1v) is 7.76. The molecule has 0 bridgehead atoms. The Morgan fingerprint density at radius 1 is 1.05 bits per heavy atom. The van der Waals surface area contributed by atoms with Gasteiger partial charge in [-0.25, -0.2) is 0 Å². The second-order valence-corrected chi connectivity index (χ2v) is 6.32. The molecule has 0 amide bonds. The highest BCUT2D eigenvalue weighted by molar-refractivity contribution is 9.11. The molecule has 4 N–H and O–H groups in total. The number of nitrogen functional groups attached to an aromatic ring is 1. The van der Waals surface area contributed by atoms with Crippen LogP contribution in [0.4, 0.5) is 11.4 Å². The van der Waals surface area contributed by atoms with Gasteiger partial charge in [-0.2, -0.15) is 0 Å². The van der Waals surface area contributed by atoms with Crippen LogP contribution < -0.4 is 11.1 Å². The Kier molecular flexibility index (Phi) is 3.72. The van der Waals surface area contributed by atoms with E-state index in [-0.39, 0.29) is 0 Å². The summed E-state index contributed by atoms with van der Waals surface area (Å²) in [7, 11) is 0. The number of nitrogens with one attached hydrogen (secondary N) is 2. The van der Waals surface area contributed by atoms with Crippen LogP contribution >= 0.6 is 31.9 Å². The molecule has 3 nitrogen and oxygen atoms in total. The minimum Gasteiger partial charge on any atom is -0.397 e. The molecule has 0 atom stereocenters. The van der Waals surface area contributed by atoms with Crippen molar-refractivity contribution in [2.75, 3.05) is 11.1 Å². The number of H-pyrrole nitrogens is 1. The van der Waals surface area contributed by atoms with Crippen molar-refractivity contribution < 1.29 is 0 Å². The summed E-state index contributed by atoms with van der Waals surface area (Å²) < 4.78 is 1.81. The lowest BCUT2D eigenvalue weighted by atomic mass is 10.2. The lowest BCUT2D eigenvalue weighted by Crippen LogP contribution is -2.00. The van der Waals surface area contributed by atoms with Crippen molar-refractivity contribution >= 4 is 54.1 Å². The highest BCUT2D eigenvalue weighted by Gasteiger charge is 2.04. The van der Waals surface area contributed by atoms with Crippen molar-refractivity contribution in [2.45, 2.75) is 6.54 Å². The van der Waals surface area contributed by atoms with Crippen LogP contribution in [0.5, 0.6) is 0 Å². The van der Waals surface area contributed by atoms with E-state index in [1.54, 1.807) is 0 Å². The molecule has 0 spiro atoms. The summed E-state index contributed by atoms with van der Waals surface area (Å²) in [6.07, 6.45) is 1.95. The maximum Gasteiger partial charge on any atom is 0.0603 e. The van der Waals surface area contributed by atoms with Gasteiger partial charge in [-0.05, 0) is 73.1 Å². The third kappa shape index (κ3) is 2.69. The van der Waals surface area contributed by atoms with E-state index in [0.29, 0.717) is 0 Å². The van der Waals surface area contributed by atoms with E-state index in [9.17, 15) is 0 Å². The first-order chi connectivity index (χ1) is 9.63. The predicted molar refractivity (Wildman–Crippen MR) is 91.9 cm³/mol. The average Bonchev–Trinajstić information content (AvgIpc) is 2.89. The molecule has 102 valence electrons. The highest BCUT2D eigenvalue weighted by atomic mass is 79.9. The summed E-state index contributed by atoms with van der Waals surface area (Å²) in [5.74, 6) is 0. The molecule has 0 saturated carbocycles. The van der Waals surface area contributed by atoms with Crippen molar-refractivity contribution in [3.05, 3.63) is 57.1 Å². The van der Waals surface area contributed by atoms with E-state index >= 15 is 0 Å². The minimum atomic E-state index is 0.724. The minimum absolute atomic E-state index is 0.724. The molecule has 0 aliphatic carbocycles. The van der Waals surface area contributed by atoms with Gasteiger partial charge in [0.05, 0.1) is 5.69 Å². The molecule has 0 unspecified atom stereocenters. The Hall–Kier alpha value is -1.46. The van der Waals surface area contributed by atoms with Gasteiger partial charge in [0.25, 0.3) is 0 Å². The second kappa shape index (κ2) is 5.50. The molecule has 3 rings (SSSR count). The maximum atomic E-state index is 5.89. The molecule has 0 radical (unpaired) electrons. The van der Waals surface area contributed by atoms with Crippen LogP contribution in [0.1, 0.15) is 5.56 Å². The predicted octanol–water partition coefficient (Wildman–Crippen LogP) is 4.89. The molecule has 3 aromatic rings. The fourth-order valence-electron chi connectivity index (χ4n) is 2.10. The third-order valence-corrected chi connectivity index (χ3v) is 4.50. The van der Waals surface area contributed by atoms with Crippen LogP contribution in [-0.4, -0.2) is 4.98 Å². The highest BCUT2D eigenvalue weighted by Crippen LogP contribution is 2.30. The number of hydrogen-bond donors (Lipinski definition) is 3. The molecule has 0 aliphatic rings. The molecule has 20 heavy (non-hydrogen) atoms. The molecule has 0 fully saturated rings. The van der Waals surface area contributed by atoms with E-state index < -0.39 is 0 Å². The molecule has 0 saturated heterocycles. The van der Waals surface area contributed by atoms with Gasteiger partial charge in [-0.3, -0.25) is 0 Å². The van der Waals surface area contributed by atoms with E-state index in [2.05, 4.69) is 66.4 Å². The maximum absolute atomic E-state index is 5.89. The van der Waals surface area contributed by atoms with Gasteiger partial charge >= 0.3 is 0 Å². The van der Waals surface area contributed by atoms with Crippen LogP contribution in [0.2, 0.25) is 0 Å². The lowest BCUT2D eigenvalue weighted by Gasteiger charge is -2.09. The van der Waals surface area contributed by atoms with E-state index in [0.717, 1.165) is 37.9 Å². The van der Waals surface area contributed by atoms with Gasteiger partial charge in [-0.1, -0.05) is 6.07 Å². The average molecular weight is 395 g/mol. The Balaban J connectivity index is 1.78. The summed E-state index contributed by atoms with van der Waals surface area (Å²) >= 11 is 6.93. The first kappa shape index (κ1) is 13.5. The number of rotatable bonds is 3. The van der Waals surface area contributed by atoms with E-state index in [1.807, 2.05) is 18.3 Å². The van der Waals surface area contributed by atoms with Crippen LogP contribution in [0.3, 0.4) is 0 Å². The first-order valence-electron chi connectivity index (χ1n) is 6.18. The van der Waals surface area contributed by atoms with Gasteiger partial charge in [0.2, 0.25) is 0 Å². The number of hydrogen-bond acceptors (Lipinski definition) is 2. The number of halogens is 2. The summed E-state index contributed by atoms with van der Waals surface area (Å²) in [6, 6.07) is 12.4. The van der Waals surface area contributed by atoms with Gasteiger partial charge < -0.3 is 16.0 Å². The smallest absolute Gasteiger partial charge is 0.0603 e. The largest absolute Gasteiger partial charge is 0.397 e. The fraction of sp³-hybridized carbons (Fsp3) is 0.0667. The number of aromatic nitrogens is 1. The third-order valence-electron chi connectivity index (χ3n) is 3.19. The van der Waals surface area contributed by atoms with Crippen molar-refractivity contribution in [3.63, 3.8) is 0 Å². The molecular weight excluding hydrogens is 382 g/mol. The summed E-state index contributed by atoms with van der Waals surface area (Å²) in [5, 5.41) is 4.63. The van der Waals surface area contributed by atoms with Crippen LogP contribution in [-0.2, 0) is 6.54 Å². The molecule has 1 heterocycles. The van der Waals surface area contributed by atoms with Crippen molar-refractivity contribution in [3.8, 4) is 0 Å². The Bertz CT molecular complexity index is 742. The second-order valence-electron chi connectivity index (χ2n) is 4.61. The molecule has 0 aliphatic heterocycles. The molecular formula is C15H13Br2N3. The number of aromatic amines is 1. The normalized spacial score (nSPS) is 10.9. The molecule has 2 aromatic carbocycles. The van der Waals surface area contributed by atoms with Crippen LogP contribution in [0.25, 0.3) is 10.9 Å². The van der Waals surface area contributed by atoms with Gasteiger partial charge in [0, 0.05) is 32.9 Å². The van der Waals surface area contributed by atoms with Gasteiger partial charge in [-0.15, -0.1) is 0 Å². The van der Waals surface area contributed by atoms with Gasteiger partial charge in [0.1, 0.15) is 0 Å². The van der Waals surface area contributed by atoms with Crippen molar-refractivity contribution in [2.24, 2.45) is 0 Å². The Labute approximate surface area is 133 Å². The zero-order valence-electron chi connectivity index (χ0n) is 10.6. The molecule has 1 aromatic heterocycles. The number of nitrogens with two attached hydrogens (primary N) is 1. The van der Waals surface area contributed by atoms with Gasteiger partial charge in [0.15, 0.2) is 0 Å². The van der Waals surface area contributed by atoms with E-state index in [4.69, 9.17) is 5.73 Å². The zero-order chi connectivity index (χ0) is 14.1. The van der Waals surface area contributed by atoms with Crippen LogP contribution in [0, 0.1) is 0 Å². The van der Waals surface area contributed by atoms with Crippen LogP contribution in [0.15, 0.2) is 51.5 Å². The summed E-state index contributed by atoms with van der Waals surface area (Å²) in [4.78, 5) is 3.21. The standard InChI is InChI=1S/C15H13Br2N3/c16-12-5-9(6-13(17)15(12)18)8-20-11-2-1-10-3-4-19-14(10)7-11/h1-7,19-20H,8,18H2. The quantitative estimate of drug-likeness (QED) is 0.554. The summed E-state index contributed by atoms with van der Waals surface area (Å²) in [5.41, 5.74) is 9.99. The van der Waals surface area contributed by atoms with Crippen molar-refractivity contribution in [1.29, 1.82) is 0 Å². The number of benzene rings is 2. The number of anilines is 2. The SMILES string of the molecule is Nc1c(Br)cc(CNc2ccc3cc[nH]c3c2)cc1Br. The topological polar surface area (TPSA) is 53.8 Å². The fourth-order valence-corrected chi connectivity index (χ4v) is 3.38. The van der Waals surface area contributed by atoms with E-state index in [1.165, 1.54) is 5.39 Å². The number of fused-ring (bicyclic) bond motifs is 1. The molecule has 5 heteroatoms. The monoisotopic (exact) mass is 393 g/mol.